The van der Waals surface area contributed by atoms with Crippen LogP contribution < -0.4 is 14.8 Å². The van der Waals surface area contributed by atoms with Gasteiger partial charge in [0.15, 0.2) is 5.82 Å². The number of carbonyl (C=O) groups is 1. The fourth-order valence-corrected chi connectivity index (χ4v) is 4.61. The van der Waals surface area contributed by atoms with Gasteiger partial charge in [-0.2, -0.15) is 5.10 Å². The van der Waals surface area contributed by atoms with Gasteiger partial charge in [-0.05, 0) is 48.9 Å². The van der Waals surface area contributed by atoms with Crippen LogP contribution in [-0.4, -0.2) is 31.2 Å². The van der Waals surface area contributed by atoms with Crippen molar-refractivity contribution in [2.24, 2.45) is 0 Å². The number of benzene rings is 3. The Hall–Kier alpha value is -4.11. The van der Waals surface area contributed by atoms with Crippen molar-refractivity contribution in [3.63, 3.8) is 0 Å². The van der Waals surface area contributed by atoms with E-state index in [1.807, 2.05) is 30.3 Å². The van der Waals surface area contributed by atoms with Crippen LogP contribution in [0.15, 0.2) is 90.0 Å². The standard InChI is InChI=1S/C24H22N4O4S/c1-17-12-13-18(16-22(17)33(30,31)27-20-10-6-7-11-21(20)32-2)24(29)25-23-14-15-28(26-23)19-8-4-3-5-9-19/h3-16,27H,1-2H3,(H,25,26,29). The van der Waals surface area contributed by atoms with Crippen LogP contribution in [0, 0.1) is 6.92 Å². The third-order valence-corrected chi connectivity index (χ3v) is 6.45. The minimum atomic E-state index is -3.97. The summed E-state index contributed by atoms with van der Waals surface area (Å²) >= 11 is 0. The van der Waals surface area contributed by atoms with E-state index in [1.165, 1.54) is 13.2 Å². The molecule has 3 aromatic carbocycles. The molecule has 0 bridgehead atoms. The van der Waals surface area contributed by atoms with Crippen LogP contribution in [0.5, 0.6) is 5.75 Å². The Morgan fingerprint density at radius 2 is 1.70 bits per heavy atom. The van der Waals surface area contributed by atoms with Crippen molar-refractivity contribution in [3.05, 3.63) is 96.2 Å². The van der Waals surface area contributed by atoms with Crippen LogP contribution in [0.2, 0.25) is 0 Å². The molecule has 2 N–H and O–H groups in total. The molecule has 33 heavy (non-hydrogen) atoms. The Labute approximate surface area is 191 Å². The molecule has 1 heterocycles. The third kappa shape index (κ3) is 4.88. The van der Waals surface area contributed by atoms with Gasteiger partial charge in [0.2, 0.25) is 0 Å². The Morgan fingerprint density at radius 1 is 0.970 bits per heavy atom. The van der Waals surface area contributed by atoms with Crippen molar-refractivity contribution >= 4 is 27.4 Å². The first-order chi connectivity index (χ1) is 15.9. The number of nitrogens with zero attached hydrogens (tertiary/aromatic N) is 2. The Morgan fingerprint density at radius 3 is 2.45 bits per heavy atom. The molecule has 0 fully saturated rings. The van der Waals surface area contributed by atoms with Gasteiger partial charge >= 0.3 is 0 Å². The number of hydrogen-bond donors (Lipinski definition) is 2. The number of rotatable bonds is 7. The number of methoxy groups -OCH3 is 1. The first kappa shape index (κ1) is 22.1. The SMILES string of the molecule is COc1ccccc1NS(=O)(=O)c1cc(C(=O)Nc2ccn(-c3ccccc3)n2)ccc1C. The highest BCUT2D eigenvalue weighted by atomic mass is 32.2. The van der Waals surface area contributed by atoms with E-state index in [1.54, 1.807) is 60.3 Å². The first-order valence-electron chi connectivity index (χ1n) is 10.1. The molecule has 8 nitrogen and oxygen atoms in total. The van der Waals surface area contributed by atoms with Gasteiger partial charge in [-0.15, -0.1) is 0 Å². The van der Waals surface area contributed by atoms with Crippen molar-refractivity contribution in [2.75, 3.05) is 17.1 Å². The zero-order chi connectivity index (χ0) is 23.4. The highest BCUT2D eigenvalue weighted by Crippen LogP contribution is 2.27. The van der Waals surface area contributed by atoms with Crippen molar-refractivity contribution in [2.45, 2.75) is 11.8 Å². The summed E-state index contributed by atoms with van der Waals surface area (Å²) in [5.74, 6) is 0.268. The number of amides is 1. The Kier molecular flexibility index (Phi) is 6.14. The van der Waals surface area contributed by atoms with E-state index < -0.39 is 15.9 Å². The summed E-state index contributed by atoms with van der Waals surface area (Å²) in [6.07, 6.45) is 1.73. The molecular weight excluding hydrogens is 440 g/mol. The van der Waals surface area contributed by atoms with E-state index in [-0.39, 0.29) is 10.5 Å². The largest absolute Gasteiger partial charge is 0.495 e. The summed E-state index contributed by atoms with van der Waals surface area (Å²) in [5, 5.41) is 7.06. The van der Waals surface area contributed by atoms with E-state index in [0.29, 0.717) is 22.8 Å². The second-order valence-electron chi connectivity index (χ2n) is 7.22. The average molecular weight is 463 g/mol. The summed E-state index contributed by atoms with van der Waals surface area (Å²) in [6, 6.07) is 22.3. The molecule has 0 aliphatic carbocycles. The molecule has 1 amide bonds. The molecule has 0 saturated heterocycles. The van der Waals surface area contributed by atoms with Gasteiger partial charge < -0.3 is 10.1 Å². The van der Waals surface area contributed by atoms with Crippen molar-refractivity contribution in [1.29, 1.82) is 0 Å². The van der Waals surface area contributed by atoms with E-state index in [9.17, 15) is 13.2 Å². The fourth-order valence-electron chi connectivity index (χ4n) is 3.26. The van der Waals surface area contributed by atoms with Crippen LogP contribution >= 0.6 is 0 Å². The summed E-state index contributed by atoms with van der Waals surface area (Å²) in [6.45, 7) is 1.67. The summed E-state index contributed by atoms with van der Waals surface area (Å²) in [7, 11) is -2.51. The van der Waals surface area contributed by atoms with Crippen LogP contribution in [0.3, 0.4) is 0 Å². The Bertz CT molecular complexity index is 1400. The zero-order valence-corrected chi connectivity index (χ0v) is 18.8. The molecule has 0 radical (unpaired) electrons. The topological polar surface area (TPSA) is 102 Å². The summed E-state index contributed by atoms with van der Waals surface area (Å²) < 4.78 is 35.5. The van der Waals surface area contributed by atoms with Crippen molar-refractivity contribution in [3.8, 4) is 11.4 Å². The van der Waals surface area contributed by atoms with Gasteiger partial charge in [0.1, 0.15) is 5.75 Å². The molecule has 0 atom stereocenters. The maximum atomic E-state index is 13.1. The number of sulfonamides is 1. The molecule has 0 aliphatic rings. The zero-order valence-electron chi connectivity index (χ0n) is 18.0. The predicted molar refractivity (Wildman–Crippen MR) is 126 cm³/mol. The normalized spacial score (nSPS) is 11.1. The first-order valence-corrected chi connectivity index (χ1v) is 11.5. The number of carbonyl (C=O) groups excluding carboxylic acids is 1. The molecule has 168 valence electrons. The van der Waals surface area contributed by atoms with Gasteiger partial charge in [-0.25, -0.2) is 13.1 Å². The van der Waals surface area contributed by atoms with E-state index in [2.05, 4.69) is 15.1 Å². The number of aryl methyl sites for hydroxylation is 1. The minimum Gasteiger partial charge on any atom is -0.495 e. The molecule has 9 heteroatoms. The quantitative estimate of drug-likeness (QED) is 0.428. The van der Waals surface area contributed by atoms with Crippen LogP contribution in [-0.2, 0) is 10.0 Å². The lowest BCUT2D eigenvalue weighted by Crippen LogP contribution is -2.17. The average Bonchev–Trinajstić information content (AvgIpc) is 3.28. The van der Waals surface area contributed by atoms with Crippen molar-refractivity contribution < 1.29 is 17.9 Å². The molecule has 0 spiro atoms. The van der Waals surface area contributed by atoms with Crippen LogP contribution in [0.25, 0.3) is 5.69 Å². The van der Waals surface area contributed by atoms with Gasteiger partial charge in [-0.1, -0.05) is 36.4 Å². The molecule has 0 unspecified atom stereocenters. The van der Waals surface area contributed by atoms with E-state index >= 15 is 0 Å². The van der Waals surface area contributed by atoms with Gasteiger partial charge in [0.25, 0.3) is 15.9 Å². The van der Waals surface area contributed by atoms with Crippen LogP contribution in [0.4, 0.5) is 11.5 Å². The number of hydrogen-bond acceptors (Lipinski definition) is 5. The lowest BCUT2D eigenvalue weighted by molar-refractivity contribution is 0.102. The maximum absolute atomic E-state index is 13.1. The smallest absolute Gasteiger partial charge is 0.262 e. The van der Waals surface area contributed by atoms with Crippen LogP contribution in [0.1, 0.15) is 15.9 Å². The monoisotopic (exact) mass is 462 g/mol. The number of ether oxygens (including phenoxy) is 1. The number of anilines is 2. The lowest BCUT2D eigenvalue weighted by Gasteiger charge is -2.14. The van der Waals surface area contributed by atoms with E-state index in [0.717, 1.165) is 5.69 Å². The predicted octanol–water partition coefficient (Wildman–Crippen LogP) is 4.24. The molecule has 4 rings (SSSR count). The number of nitrogens with one attached hydrogen (secondary N) is 2. The minimum absolute atomic E-state index is 0.00382. The molecular formula is C24H22N4O4S. The summed E-state index contributed by atoms with van der Waals surface area (Å²) in [5.41, 5.74) is 1.85. The molecule has 1 aromatic heterocycles. The fraction of sp³-hybridized carbons (Fsp3) is 0.0833. The highest BCUT2D eigenvalue weighted by Gasteiger charge is 2.21. The third-order valence-electron chi connectivity index (χ3n) is 4.94. The van der Waals surface area contributed by atoms with Gasteiger partial charge in [0, 0.05) is 17.8 Å². The van der Waals surface area contributed by atoms with Gasteiger partial charge in [-0.3, -0.25) is 9.52 Å². The molecule has 4 aromatic rings. The Balaban J connectivity index is 1.57. The second-order valence-corrected chi connectivity index (χ2v) is 8.87. The van der Waals surface area contributed by atoms with E-state index in [4.69, 9.17) is 4.74 Å². The number of para-hydroxylation sites is 3. The second kappa shape index (κ2) is 9.17. The molecule has 0 saturated carbocycles. The number of aromatic nitrogens is 2. The maximum Gasteiger partial charge on any atom is 0.262 e. The summed E-state index contributed by atoms with van der Waals surface area (Å²) in [4.78, 5) is 12.8. The molecule has 0 aliphatic heterocycles. The van der Waals surface area contributed by atoms with Crippen molar-refractivity contribution in [1.82, 2.24) is 9.78 Å². The lowest BCUT2D eigenvalue weighted by atomic mass is 10.1. The highest BCUT2D eigenvalue weighted by molar-refractivity contribution is 7.92. The van der Waals surface area contributed by atoms with Gasteiger partial charge in [0.05, 0.1) is 23.4 Å².